The highest BCUT2D eigenvalue weighted by Crippen LogP contribution is 2.21. The molecule has 0 aliphatic carbocycles. The van der Waals surface area contributed by atoms with E-state index in [-0.39, 0.29) is 0 Å². The third-order valence-corrected chi connectivity index (χ3v) is 6.05. The van der Waals surface area contributed by atoms with E-state index >= 15 is 0 Å². The molecule has 3 aromatic carbocycles. The zero-order chi connectivity index (χ0) is 28.8. The molecule has 0 aromatic heterocycles. The minimum absolute atomic E-state index is 0.884. The van der Waals surface area contributed by atoms with Gasteiger partial charge in [0, 0.05) is 0 Å². The molecule has 3 aromatic rings. The highest BCUT2D eigenvalue weighted by atomic mass is 14.0. The molecule has 0 bridgehead atoms. The molecular formula is C38H50. The van der Waals surface area contributed by atoms with Gasteiger partial charge in [-0.25, -0.2) is 0 Å². The van der Waals surface area contributed by atoms with Gasteiger partial charge in [-0.15, -0.1) is 12.8 Å². The van der Waals surface area contributed by atoms with Crippen LogP contribution in [0.5, 0.6) is 0 Å². The summed E-state index contributed by atoms with van der Waals surface area (Å²) in [5.41, 5.74) is 6.30. The number of terminal acetylenes is 1. The Morgan fingerprint density at radius 2 is 1.32 bits per heavy atom. The van der Waals surface area contributed by atoms with E-state index in [1.807, 2.05) is 6.08 Å². The zero-order valence-corrected chi connectivity index (χ0v) is 25.0. The molecule has 0 radical (unpaired) electrons. The maximum atomic E-state index is 4.00. The number of rotatable bonds is 7. The molecule has 3 rings (SSSR count). The van der Waals surface area contributed by atoms with E-state index in [9.17, 15) is 0 Å². The summed E-state index contributed by atoms with van der Waals surface area (Å²) in [6.45, 7) is 19.0. The lowest BCUT2D eigenvalue weighted by Gasteiger charge is -2.03. The summed E-state index contributed by atoms with van der Waals surface area (Å²) >= 11 is 0. The van der Waals surface area contributed by atoms with Crippen LogP contribution < -0.4 is 10.4 Å². The molecule has 202 valence electrons. The Bertz CT molecular complexity index is 1180. The summed E-state index contributed by atoms with van der Waals surface area (Å²) in [4.78, 5) is 0. The SMILES string of the molecule is C#C.C/C=c1/ccccc1=C(C)C.C=Cc1ccc(-c2ccc(/C=C\CCCC)cc2)cc1.CCC(C)C. The Morgan fingerprint density at radius 1 is 0.816 bits per heavy atom. The van der Waals surface area contributed by atoms with Crippen molar-refractivity contribution in [1.82, 2.24) is 0 Å². The summed E-state index contributed by atoms with van der Waals surface area (Å²) in [7, 11) is 0. The topological polar surface area (TPSA) is 0 Å². The van der Waals surface area contributed by atoms with Gasteiger partial charge in [0.15, 0.2) is 0 Å². The van der Waals surface area contributed by atoms with Crippen molar-refractivity contribution in [2.45, 2.75) is 74.1 Å². The first kappa shape index (κ1) is 34.4. The van der Waals surface area contributed by atoms with Crippen molar-refractivity contribution >= 4 is 23.8 Å². The molecule has 0 atom stereocenters. The summed E-state index contributed by atoms with van der Waals surface area (Å²) in [5.74, 6) is 0.884. The molecular weight excluding hydrogens is 456 g/mol. The lowest BCUT2D eigenvalue weighted by molar-refractivity contribution is 0.626. The molecule has 0 heterocycles. The van der Waals surface area contributed by atoms with Gasteiger partial charge in [-0.3, -0.25) is 0 Å². The molecule has 0 nitrogen and oxygen atoms in total. The van der Waals surface area contributed by atoms with E-state index in [0.717, 1.165) is 11.5 Å². The molecule has 38 heavy (non-hydrogen) atoms. The van der Waals surface area contributed by atoms with Gasteiger partial charge in [0.2, 0.25) is 0 Å². The fourth-order valence-corrected chi connectivity index (χ4v) is 3.34. The van der Waals surface area contributed by atoms with Crippen molar-refractivity contribution in [3.05, 3.63) is 107 Å². The van der Waals surface area contributed by atoms with Crippen LogP contribution in [0.2, 0.25) is 0 Å². The Hall–Kier alpha value is -3.56. The fraction of sp³-hybridized carbons (Fsp3) is 0.316. The Balaban J connectivity index is 0.000000638. The second-order valence-electron chi connectivity index (χ2n) is 9.67. The lowest BCUT2D eigenvalue weighted by atomic mass is 10.0. The van der Waals surface area contributed by atoms with Crippen molar-refractivity contribution in [1.29, 1.82) is 0 Å². The third-order valence-electron chi connectivity index (χ3n) is 6.05. The van der Waals surface area contributed by atoms with E-state index in [0.29, 0.717) is 0 Å². The van der Waals surface area contributed by atoms with Gasteiger partial charge < -0.3 is 0 Å². The second kappa shape index (κ2) is 21.5. The number of unbranched alkanes of at least 4 members (excludes halogenated alkanes) is 2. The number of allylic oxidation sites excluding steroid dienone is 1. The minimum atomic E-state index is 0.884. The molecule has 0 aliphatic rings. The summed E-state index contributed by atoms with van der Waals surface area (Å²) in [5, 5.41) is 2.68. The van der Waals surface area contributed by atoms with Gasteiger partial charge in [0.25, 0.3) is 0 Å². The average Bonchev–Trinajstić information content (AvgIpc) is 2.97. The van der Waals surface area contributed by atoms with Gasteiger partial charge in [-0.2, -0.15) is 0 Å². The fourth-order valence-electron chi connectivity index (χ4n) is 3.34. The zero-order valence-electron chi connectivity index (χ0n) is 25.0. The van der Waals surface area contributed by atoms with E-state index in [2.05, 4.69) is 159 Å². The van der Waals surface area contributed by atoms with Crippen LogP contribution in [-0.2, 0) is 0 Å². The Labute approximate surface area is 234 Å². The first-order valence-electron chi connectivity index (χ1n) is 13.9. The number of hydrogen-bond donors (Lipinski definition) is 0. The van der Waals surface area contributed by atoms with Crippen LogP contribution in [0, 0.1) is 18.8 Å². The summed E-state index contributed by atoms with van der Waals surface area (Å²) in [6, 6.07) is 25.7. The number of benzene rings is 3. The van der Waals surface area contributed by atoms with Crippen LogP contribution in [0.15, 0.2) is 85.5 Å². The molecule has 0 saturated carbocycles. The van der Waals surface area contributed by atoms with E-state index in [1.165, 1.54) is 58.4 Å². The maximum absolute atomic E-state index is 4.00. The molecule has 0 fully saturated rings. The first-order valence-corrected chi connectivity index (χ1v) is 13.9. The van der Waals surface area contributed by atoms with Crippen molar-refractivity contribution < 1.29 is 0 Å². The van der Waals surface area contributed by atoms with Crippen LogP contribution in [-0.4, -0.2) is 0 Å². The largest absolute Gasteiger partial charge is 0.124 e. The van der Waals surface area contributed by atoms with E-state index in [4.69, 9.17) is 0 Å². The predicted octanol–water partition coefficient (Wildman–Crippen LogP) is 10.2. The van der Waals surface area contributed by atoms with Gasteiger partial charge in [-0.1, -0.05) is 156 Å². The Kier molecular flexibility index (Phi) is 19.5. The quantitative estimate of drug-likeness (QED) is 0.221. The smallest absolute Gasteiger partial charge is 0.0184 e. The lowest BCUT2D eigenvalue weighted by Crippen LogP contribution is -2.24. The molecule has 0 amide bonds. The van der Waals surface area contributed by atoms with Crippen LogP contribution in [0.25, 0.3) is 34.9 Å². The van der Waals surface area contributed by atoms with Gasteiger partial charge in [0.05, 0.1) is 0 Å². The van der Waals surface area contributed by atoms with Crippen LogP contribution in [0.1, 0.15) is 85.3 Å². The van der Waals surface area contributed by atoms with E-state index < -0.39 is 0 Å². The standard InChI is InChI=1S/C20H22.C11H14.C5H12.C2H2/c1-3-5-6-7-8-18-11-15-20(16-12-18)19-13-9-17(4-2)10-14-19;1-4-10-7-5-6-8-11(10)9(2)3;1-4-5(2)3;1-2/h4,7-16H,2-3,5-6H2,1H3;4-8H,1-3H3;5H,4H2,1-3H3;1-2H/b8-7-;10-4-;;. The van der Waals surface area contributed by atoms with Crippen LogP contribution in [0.4, 0.5) is 0 Å². The average molecular weight is 507 g/mol. The van der Waals surface area contributed by atoms with Crippen molar-refractivity contribution in [2.24, 2.45) is 5.92 Å². The van der Waals surface area contributed by atoms with Crippen LogP contribution >= 0.6 is 0 Å². The second-order valence-corrected chi connectivity index (χ2v) is 9.67. The minimum Gasteiger partial charge on any atom is -0.124 e. The highest BCUT2D eigenvalue weighted by Gasteiger charge is 1.97. The molecule has 0 N–H and O–H groups in total. The summed E-state index contributed by atoms with van der Waals surface area (Å²) < 4.78 is 0. The molecule has 0 saturated heterocycles. The first-order chi connectivity index (χ1) is 18.4. The molecule has 0 aliphatic heterocycles. The van der Waals surface area contributed by atoms with Gasteiger partial charge in [-0.05, 0) is 65.8 Å². The Morgan fingerprint density at radius 3 is 1.71 bits per heavy atom. The van der Waals surface area contributed by atoms with Gasteiger partial charge >= 0.3 is 0 Å². The third kappa shape index (κ3) is 14.2. The highest BCUT2D eigenvalue weighted by molar-refractivity contribution is 5.67. The van der Waals surface area contributed by atoms with E-state index in [1.54, 1.807) is 0 Å². The molecule has 0 unspecified atom stereocenters. The van der Waals surface area contributed by atoms with Crippen molar-refractivity contribution in [2.75, 3.05) is 0 Å². The monoisotopic (exact) mass is 506 g/mol. The molecule has 0 spiro atoms. The number of hydrogen-bond acceptors (Lipinski definition) is 0. The summed E-state index contributed by atoms with van der Waals surface area (Å²) in [6.07, 6.45) is 21.5. The molecule has 0 heteroatoms. The van der Waals surface area contributed by atoms with Crippen molar-refractivity contribution in [3.8, 4) is 24.0 Å². The normalized spacial score (nSPS) is 10.4. The van der Waals surface area contributed by atoms with Crippen LogP contribution in [0.3, 0.4) is 0 Å². The van der Waals surface area contributed by atoms with Crippen molar-refractivity contribution in [3.63, 3.8) is 0 Å². The maximum Gasteiger partial charge on any atom is -0.0184 e. The van der Waals surface area contributed by atoms with Gasteiger partial charge in [0.1, 0.15) is 0 Å². The predicted molar refractivity (Wildman–Crippen MR) is 176 cm³/mol.